The van der Waals surface area contributed by atoms with Crippen molar-refractivity contribution in [2.75, 3.05) is 32.8 Å². The van der Waals surface area contributed by atoms with Gasteiger partial charge in [0.05, 0.1) is 18.2 Å². The number of morpholine rings is 1. The highest BCUT2D eigenvalue weighted by Gasteiger charge is 2.26. The summed E-state index contributed by atoms with van der Waals surface area (Å²) in [6.07, 6.45) is 0. The van der Waals surface area contributed by atoms with Gasteiger partial charge < -0.3 is 4.74 Å². The maximum atomic E-state index is 12.4. The van der Waals surface area contributed by atoms with E-state index in [1.165, 1.54) is 6.07 Å². The molecule has 1 N–H and O–H groups in total. The lowest BCUT2D eigenvalue weighted by Crippen LogP contribution is -2.51. The first-order chi connectivity index (χ1) is 10.4. The summed E-state index contributed by atoms with van der Waals surface area (Å²) >= 11 is 5.99. The Morgan fingerprint density at radius 3 is 2.50 bits per heavy atom. The van der Waals surface area contributed by atoms with Gasteiger partial charge in [-0.05, 0) is 18.1 Å². The summed E-state index contributed by atoms with van der Waals surface area (Å²) in [5.41, 5.74) is 0. The van der Waals surface area contributed by atoms with Crippen LogP contribution in [0, 0.1) is 5.92 Å². The Labute approximate surface area is 137 Å². The first-order valence-corrected chi connectivity index (χ1v) is 9.34. The van der Waals surface area contributed by atoms with Crippen molar-refractivity contribution >= 4 is 21.6 Å². The minimum Gasteiger partial charge on any atom is -0.379 e. The number of hydrogen-bond acceptors (Lipinski definition) is 4. The lowest BCUT2D eigenvalue weighted by Gasteiger charge is -2.36. The second-order valence-corrected chi connectivity index (χ2v) is 7.88. The fourth-order valence-electron chi connectivity index (χ4n) is 2.63. The van der Waals surface area contributed by atoms with Gasteiger partial charge in [-0.15, -0.1) is 0 Å². The van der Waals surface area contributed by atoms with E-state index in [0.29, 0.717) is 25.7 Å². The SMILES string of the molecule is CC(C)[C@@H](CNS(=O)(=O)c1ccccc1Cl)N1CCOCC1. The molecule has 0 unspecified atom stereocenters. The molecule has 1 fully saturated rings. The predicted molar refractivity (Wildman–Crippen MR) is 87.7 cm³/mol. The van der Waals surface area contributed by atoms with Crippen LogP contribution in [-0.2, 0) is 14.8 Å². The van der Waals surface area contributed by atoms with Crippen molar-refractivity contribution in [2.45, 2.75) is 24.8 Å². The van der Waals surface area contributed by atoms with Crippen LogP contribution < -0.4 is 4.72 Å². The van der Waals surface area contributed by atoms with E-state index in [1.54, 1.807) is 18.2 Å². The van der Waals surface area contributed by atoms with Crippen molar-refractivity contribution in [3.63, 3.8) is 0 Å². The molecule has 0 radical (unpaired) electrons. The van der Waals surface area contributed by atoms with Gasteiger partial charge >= 0.3 is 0 Å². The Kier molecular flexibility index (Phi) is 6.23. The lowest BCUT2D eigenvalue weighted by atomic mass is 10.0. The normalized spacial score (nSPS) is 18.5. The minimum absolute atomic E-state index is 0.126. The zero-order valence-electron chi connectivity index (χ0n) is 13.0. The number of hydrogen-bond donors (Lipinski definition) is 1. The van der Waals surface area contributed by atoms with E-state index in [2.05, 4.69) is 23.5 Å². The van der Waals surface area contributed by atoms with Crippen LogP contribution in [-0.4, -0.2) is 52.2 Å². The van der Waals surface area contributed by atoms with Gasteiger partial charge in [-0.1, -0.05) is 37.6 Å². The summed E-state index contributed by atoms with van der Waals surface area (Å²) < 4.78 is 32.9. The highest BCUT2D eigenvalue weighted by Crippen LogP contribution is 2.21. The second-order valence-electron chi connectivity index (χ2n) is 5.74. The number of rotatable bonds is 6. The molecule has 1 aromatic carbocycles. The largest absolute Gasteiger partial charge is 0.379 e. The van der Waals surface area contributed by atoms with Crippen LogP contribution in [0.4, 0.5) is 0 Å². The third kappa shape index (κ3) is 4.43. The summed E-state index contributed by atoms with van der Waals surface area (Å²) in [6.45, 7) is 7.62. The molecule has 1 heterocycles. The molecule has 1 aliphatic rings. The summed E-state index contributed by atoms with van der Waals surface area (Å²) in [4.78, 5) is 2.41. The Balaban J connectivity index is 2.07. The second kappa shape index (κ2) is 7.75. The van der Waals surface area contributed by atoms with Gasteiger partial charge in [-0.2, -0.15) is 0 Å². The Morgan fingerprint density at radius 1 is 1.27 bits per heavy atom. The van der Waals surface area contributed by atoms with Crippen LogP contribution in [0.15, 0.2) is 29.2 Å². The van der Waals surface area contributed by atoms with Crippen molar-refractivity contribution in [3.05, 3.63) is 29.3 Å². The smallest absolute Gasteiger partial charge is 0.242 e. The van der Waals surface area contributed by atoms with Gasteiger partial charge in [-0.3, -0.25) is 4.90 Å². The average Bonchev–Trinajstić information content (AvgIpc) is 2.48. The van der Waals surface area contributed by atoms with Crippen molar-refractivity contribution in [3.8, 4) is 0 Å². The molecule has 5 nitrogen and oxygen atoms in total. The van der Waals surface area contributed by atoms with E-state index in [-0.39, 0.29) is 16.0 Å². The number of ether oxygens (including phenoxy) is 1. The molecule has 1 atom stereocenters. The molecule has 1 aromatic rings. The molecule has 2 rings (SSSR count). The van der Waals surface area contributed by atoms with E-state index < -0.39 is 10.0 Å². The van der Waals surface area contributed by atoms with Gasteiger partial charge in [0, 0.05) is 25.7 Å². The first kappa shape index (κ1) is 17.7. The topological polar surface area (TPSA) is 58.6 Å². The number of sulfonamides is 1. The van der Waals surface area contributed by atoms with Gasteiger partial charge in [-0.25, -0.2) is 13.1 Å². The predicted octanol–water partition coefficient (Wildman–Crippen LogP) is 1.98. The molecule has 124 valence electrons. The maximum Gasteiger partial charge on any atom is 0.242 e. The summed E-state index contributed by atoms with van der Waals surface area (Å²) in [6, 6.07) is 6.62. The van der Waals surface area contributed by atoms with Crippen LogP contribution in [0.1, 0.15) is 13.8 Å². The summed E-state index contributed by atoms with van der Waals surface area (Å²) in [5.74, 6) is 0.340. The zero-order chi connectivity index (χ0) is 16.2. The summed E-state index contributed by atoms with van der Waals surface area (Å²) in [7, 11) is -3.60. The van der Waals surface area contributed by atoms with Crippen molar-refractivity contribution in [1.82, 2.24) is 9.62 Å². The van der Waals surface area contributed by atoms with E-state index in [0.717, 1.165) is 13.1 Å². The van der Waals surface area contributed by atoms with Crippen LogP contribution in [0.25, 0.3) is 0 Å². The maximum absolute atomic E-state index is 12.4. The molecule has 0 amide bonds. The number of halogens is 1. The molecule has 7 heteroatoms. The zero-order valence-corrected chi connectivity index (χ0v) is 14.5. The molecule has 0 bridgehead atoms. The van der Waals surface area contributed by atoms with Crippen LogP contribution >= 0.6 is 11.6 Å². The van der Waals surface area contributed by atoms with E-state index in [1.807, 2.05) is 0 Å². The van der Waals surface area contributed by atoms with Crippen LogP contribution in [0.5, 0.6) is 0 Å². The van der Waals surface area contributed by atoms with Crippen molar-refractivity contribution in [1.29, 1.82) is 0 Å². The van der Waals surface area contributed by atoms with Gasteiger partial charge in [0.2, 0.25) is 10.0 Å². The third-order valence-corrected chi connectivity index (χ3v) is 5.82. The molecular formula is C15H23ClN2O3S. The first-order valence-electron chi connectivity index (χ1n) is 7.48. The van der Waals surface area contributed by atoms with Gasteiger partial charge in [0.15, 0.2) is 0 Å². The van der Waals surface area contributed by atoms with E-state index in [9.17, 15) is 8.42 Å². The molecule has 0 spiro atoms. The molecule has 1 saturated heterocycles. The Bertz CT molecular complexity index is 586. The molecule has 1 aliphatic heterocycles. The molecule has 0 aliphatic carbocycles. The fraction of sp³-hybridized carbons (Fsp3) is 0.600. The quantitative estimate of drug-likeness (QED) is 0.855. The number of benzene rings is 1. The number of nitrogens with one attached hydrogen (secondary N) is 1. The molecule has 0 aromatic heterocycles. The third-order valence-electron chi connectivity index (χ3n) is 3.89. The van der Waals surface area contributed by atoms with E-state index in [4.69, 9.17) is 16.3 Å². The highest BCUT2D eigenvalue weighted by atomic mass is 35.5. The van der Waals surface area contributed by atoms with Gasteiger partial charge in [0.25, 0.3) is 0 Å². The Morgan fingerprint density at radius 2 is 1.91 bits per heavy atom. The monoisotopic (exact) mass is 346 g/mol. The van der Waals surface area contributed by atoms with Crippen LogP contribution in [0.3, 0.4) is 0 Å². The van der Waals surface area contributed by atoms with Crippen molar-refractivity contribution in [2.24, 2.45) is 5.92 Å². The summed E-state index contributed by atoms with van der Waals surface area (Å²) in [5, 5.41) is 0.238. The molecule has 0 saturated carbocycles. The van der Waals surface area contributed by atoms with Crippen LogP contribution in [0.2, 0.25) is 5.02 Å². The lowest BCUT2D eigenvalue weighted by molar-refractivity contribution is 0.00776. The Hall–Kier alpha value is -0.660. The standard InChI is InChI=1S/C15H23ClN2O3S/c1-12(2)14(18-7-9-21-10-8-18)11-17-22(19,20)15-6-4-3-5-13(15)16/h3-6,12,14,17H,7-11H2,1-2H3/t14-/m1/s1. The van der Waals surface area contributed by atoms with E-state index >= 15 is 0 Å². The molecule has 22 heavy (non-hydrogen) atoms. The highest BCUT2D eigenvalue weighted by molar-refractivity contribution is 7.89. The minimum atomic E-state index is -3.60. The van der Waals surface area contributed by atoms with Crippen molar-refractivity contribution < 1.29 is 13.2 Å². The average molecular weight is 347 g/mol. The molecular weight excluding hydrogens is 324 g/mol. The number of nitrogens with zero attached hydrogens (tertiary/aromatic N) is 1. The van der Waals surface area contributed by atoms with Gasteiger partial charge in [0.1, 0.15) is 4.90 Å². The fourth-order valence-corrected chi connectivity index (χ4v) is 4.20.